The first kappa shape index (κ1) is 13.3. The van der Waals surface area contributed by atoms with E-state index in [1.807, 2.05) is 6.07 Å². The Labute approximate surface area is 110 Å². The summed E-state index contributed by atoms with van der Waals surface area (Å²) in [6, 6.07) is 8.34. The van der Waals surface area contributed by atoms with Gasteiger partial charge in [0.1, 0.15) is 5.78 Å². The molecular weight excluding hydrogens is 222 g/mol. The van der Waals surface area contributed by atoms with Gasteiger partial charge in [-0.2, -0.15) is 0 Å². The summed E-state index contributed by atoms with van der Waals surface area (Å²) in [6.45, 7) is 6.41. The van der Waals surface area contributed by atoms with E-state index in [4.69, 9.17) is 5.73 Å². The Morgan fingerprint density at radius 1 is 1.28 bits per heavy atom. The van der Waals surface area contributed by atoms with Crippen LogP contribution in [-0.4, -0.2) is 11.8 Å². The molecule has 0 saturated heterocycles. The smallest absolute Gasteiger partial charge is 0.140 e. The molecule has 2 atom stereocenters. The zero-order valence-electron chi connectivity index (χ0n) is 11.6. The Balaban J connectivity index is 2.11. The van der Waals surface area contributed by atoms with Crippen molar-refractivity contribution in [1.82, 2.24) is 0 Å². The third kappa shape index (κ3) is 2.81. The fraction of sp³-hybridized carbons (Fsp3) is 0.562. The highest BCUT2D eigenvalue weighted by Crippen LogP contribution is 2.29. The summed E-state index contributed by atoms with van der Waals surface area (Å²) in [5.41, 5.74) is 8.80. The van der Waals surface area contributed by atoms with Crippen LogP contribution in [-0.2, 0) is 17.6 Å². The fourth-order valence-corrected chi connectivity index (χ4v) is 2.52. The number of hydrogen-bond acceptors (Lipinski definition) is 2. The molecule has 0 saturated carbocycles. The van der Waals surface area contributed by atoms with Crippen LogP contribution in [0.15, 0.2) is 24.3 Å². The molecule has 1 aromatic rings. The van der Waals surface area contributed by atoms with Gasteiger partial charge in [0.2, 0.25) is 0 Å². The number of hydrogen-bond donors (Lipinski definition) is 1. The lowest BCUT2D eigenvalue weighted by Crippen LogP contribution is -2.40. The van der Waals surface area contributed by atoms with E-state index in [0.717, 1.165) is 12.8 Å². The Morgan fingerprint density at radius 3 is 2.50 bits per heavy atom. The van der Waals surface area contributed by atoms with Gasteiger partial charge in [0.25, 0.3) is 0 Å². The highest BCUT2D eigenvalue weighted by atomic mass is 16.1. The minimum atomic E-state index is 0.0667. The van der Waals surface area contributed by atoms with Gasteiger partial charge >= 0.3 is 0 Å². The molecule has 1 unspecified atom stereocenters. The molecule has 2 rings (SSSR count). The molecule has 2 nitrogen and oxygen atoms in total. The summed E-state index contributed by atoms with van der Waals surface area (Å²) in [6.07, 6.45) is 2.24. The highest BCUT2D eigenvalue weighted by molar-refractivity contribution is 5.85. The second-order valence-electron chi connectivity index (χ2n) is 6.52. The summed E-state index contributed by atoms with van der Waals surface area (Å²) in [5.74, 6) is 0.461. The fourth-order valence-electron chi connectivity index (χ4n) is 2.52. The quantitative estimate of drug-likeness (QED) is 0.870. The maximum absolute atomic E-state index is 12.2. The molecule has 0 bridgehead atoms. The highest BCUT2D eigenvalue weighted by Gasteiger charge is 2.31. The third-order valence-corrected chi connectivity index (χ3v) is 4.06. The van der Waals surface area contributed by atoms with E-state index in [-0.39, 0.29) is 17.4 Å². The lowest BCUT2D eigenvalue weighted by molar-refractivity contribution is -0.123. The van der Waals surface area contributed by atoms with Crippen molar-refractivity contribution in [2.75, 3.05) is 0 Å². The van der Waals surface area contributed by atoms with Gasteiger partial charge in [-0.25, -0.2) is 0 Å². The van der Waals surface area contributed by atoms with Crippen LogP contribution in [0.5, 0.6) is 0 Å². The van der Waals surface area contributed by atoms with E-state index >= 15 is 0 Å². The molecule has 0 spiro atoms. The monoisotopic (exact) mass is 245 g/mol. The Kier molecular flexibility index (Phi) is 3.58. The normalized spacial score (nSPS) is 21.6. The molecule has 2 N–H and O–H groups in total. The van der Waals surface area contributed by atoms with Gasteiger partial charge in [-0.3, -0.25) is 4.79 Å². The second kappa shape index (κ2) is 4.85. The number of Topliss-reactive ketones (excluding diaryl/α,β-unsaturated/α-hetero) is 1. The van der Waals surface area contributed by atoms with Crippen molar-refractivity contribution < 1.29 is 4.79 Å². The van der Waals surface area contributed by atoms with Crippen molar-refractivity contribution in [2.45, 2.75) is 46.1 Å². The molecular formula is C16H23NO. The van der Waals surface area contributed by atoms with Gasteiger partial charge in [0.05, 0.1) is 0 Å². The molecule has 2 heteroatoms. The largest absolute Gasteiger partial charge is 0.327 e. The molecule has 0 aromatic heterocycles. The molecule has 1 aliphatic rings. The molecule has 1 aliphatic carbocycles. The van der Waals surface area contributed by atoms with Crippen molar-refractivity contribution in [1.29, 1.82) is 0 Å². The lowest BCUT2D eigenvalue weighted by atomic mass is 9.75. The van der Waals surface area contributed by atoms with Gasteiger partial charge in [0, 0.05) is 18.4 Å². The molecule has 0 radical (unpaired) electrons. The predicted octanol–water partition coefficient (Wildman–Crippen LogP) is 2.73. The summed E-state index contributed by atoms with van der Waals surface area (Å²) in [7, 11) is 0. The van der Waals surface area contributed by atoms with Crippen LogP contribution in [0.2, 0.25) is 0 Å². The average Bonchev–Trinajstić information content (AvgIpc) is 2.28. The van der Waals surface area contributed by atoms with Crippen LogP contribution in [0.1, 0.15) is 38.3 Å². The van der Waals surface area contributed by atoms with E-state index in [1.54, 1.807) is 0 Å². The Bertz CT molecular complexity index is 445. The van der Waals surface area contributed by atoms with Crippen molar-refractivity contribution in [3.05, 3.63) is 35.4 Å². The number of rotatable bonds is 2. The third-order valence-electron chi connectivity index (χ3n) is 4.06. The van der Waals surface area contributed by atoms with E-state index in [1.165, 1.54) is 11.1 Å². The molecule has 18 heavy (non-hydrogen) atoms. The number of nitrogens with two attached hydrogens (primary N) is 1. The zero-order chi connectivity index (χ0) is 13.3. The topological polar surface area (TPSA) is 43.1 Å². The van der Waals surface area contributed by atoms with E-state index in [0.29, 0.717) is 12.2 Å². The number of carbonyl (C=O) groups is 1. The van der Waals surface area contributed by atoms with Crippen molar-refractivity contribution >= 4 is 5.78 Å². The lowest BCUT2D eigenvalue weighted by Gasteiger charge is -2.32. The van der Waals surface area contributed by atoms with Crippen LogP contribution >= 0.6 is 0 Å². The standard InChI is InChI=1S/C16H23NO/c1-16(2,3)15(17)10-13-8-11-6-4-5-7-12(11)9-14(13)18/h4-7,13,15H,8-10,17H2,1-3H3/t13?,15-/m1/s1. The predicted molar refractivity (Wildman–Crippen MR) is 74.4 cm³/mol. The molecule has 0 amide bonds. The second-order valence-corrected chi connectivity index (χ2v) is 6.52. The van der Waals surface area contributed by atoms with Crippen LogP contribution in [0.4, 0.5) is 0 Å². The molecule has 0 heterocycles. The maximum Gasteiger partial charge on any atom is 0.140 e. The van der Waals surface area contributed by atoms with Gasteiger partial charge in [-0.1, -0.05) is 45.0 Å². The van der Waals surface area contributed by atoms with E-state index < -0.39 is 0 Å². The van der Waals surface area contributed by atoms with Crippen molar-refractivity contribution in [3.8, 4) is 0 Å². The Hall–Kier alpha value is -1.15. The minimum Gasteiger partial charge on any atom is -0.327 e. The summed E-state index contributed by atoms with van der Waals surface area (Å²) < 4.78 is 0. The SMILES string of the molecule is CC(C)(C)[C@H](N)CC1Cc2ccccc2CC1=O. The molecule has 98 valence electrons. The number of carbonyl (C=O) groups excluding carboxylic acids is 1. The first-order valence-corrected chi connectivity index (χ1v) is 6.73. The maximum atomic E-state index is 12.2. The summed E-state index contributed by atoms with van der Waals surface area (Å²) in [4.78, 5) is 12.2. The first-order chi connectivity index (χ1) is 8.38. The van der Waals surface area contributed by atoms with Crippen molar-refractivity contribution in [3.63, 3.8) is 0 Å². The average molecular weight is 245 g/mol. The van der Waals surface area contributed by atoms with E-state index in [2.05, 4.69) is 39.0 Å². The molecule has 1 aromatic carbocycles. The van der Waals surface area contributed by atoms with E-state index in [9.17, 15) is 4.79 Å². The van der Waals surface area contributed by atoms with Crippen LogP contribution in [0.25, 0.3) is 0 Å². The Morgan fingerprint density at radius 2 is 1.89 bits per heavy atom. The number of ketones is 1. The van der Waals surface area contributed by atoms with Gasteiger partial charge in [-0.05, 0) is 29.4 Å². The number of fused-ring (bicyclic) bond motifs is 1. The summed E-state index contributed by atoms with van der Waals surface area (Å²) >= 11 is 0. The minimum absolute atomic E-state index is 0.0667. The van der Waals surface area contributed by atoms with Crippen molar-refractivity contribution in [2.24, 2.45) is 17.1 Å². The number of benzene rings is 1. The van der Waals surface area contributed by atoms with Gasteiger partial charge in [-0.15, -0.1) is 0 Å². The molecule has 0 fully saturated rings. The zero-order valence-corrected chi connectivity index (χ0v) is 11.6. The van der Waals surface area contributed by atoms with Gasteiger partial charge in [0.15, 0.2) is 0 Å². The van der Waals surface area contributed by atoms with Crippen LogP contribution in [0.3, 0.4) is 0 Å². The van der Waals surface area contributed by atoms with Crippen LogP contribution < -0.4 is 5.73 Å². The van der Waals surface area contributed by atoms with Crippen LogP contribution in [0, 0.1) is 11.3 Å². The molecule has 0 aliphatic heterocycles. The van der Waals surface area contributed by atoms with Gasteiger partial charge < -0.3 is 5.73 Å². The summed E-state index contributed by atoms with van der Waals surface area (Å²) in [5, 5.41) is 0. The first-order valence-electron chi connectivity index (χ1n) is 6.73.